The fraction of sp³-hybridized carbons (Fsp3) is 0.0667. The predicted octanol–water partition coefficient (Wildman–Crippen LogP) is 3.90. The highest BCUT2D eigenvalue weighted by molar-refractivity contribution is 6.30. The Balaban J connectivity index is 2.14. The van der Waals surface area contributed by atoms with Crippen LogP contribution in [0.3, 0.4) is 0 Å². The third kappa shape index (κ3) is 2.42. The lowest BCUT2D eigenvalue weighted by atomic mass is 10.1. The first-order valence-corrected chi connectivity index (χ1v) is 6.85. The first-order valence-electron chi connectivity index (χ1n) is 6.03. The second-order valence-electron chi connectivity index (χ2n) is 4.39. The van der Waals surface area contributed by atoms with Gasteiger partial charge in [-0.2, -0.15) is 0 Å². The van der Waals surface area contributed by atoms with E-state index in [0.717, 1.165) is 5.56 Å². The van der Waals surface area contributed by atoms with Crippen molar-refractivity contribution >= 4 is 34.2 Å². The number of H-pyrrole nitrogens is 1. The van der Waals surface area contributed by atoms with Crippen molar-refractivity contribution in [3.05, 3.63) is 75.2 Å². The summed E-state index contributed by atoms with van der Waals surface area (Å²) in [5.41, 5.74) is 2.12. The van der Waals surface area contributed by atoms with Crippen molar-refractivity contribution in [1.29, 1.82) is 0 Å². The van der Waals surface area contributed by atoms with Crippen molar-refractivity contribution in [2.75, 3.05) is 0 Å². The van der Waals surface area contributed by atoms with Crippen molar-refractivity contribution in [3.63, 3.8) is 0 Å². The molecule has 1 aromatic heterocycles. The van der Waals surface area contributed by atoms with Gasteiger partial charge in [-0.15, -0.1) is 11.6 Å². The smallest absolute Gasteiger partial charge is 0.272 e. The summed E-state index contributed by atoms with van der Waals surface area (Å²) in [4.78, 5) is 19.2. The van der Waals surface area contributed by atoms with Gasteiger partial charge in [-0.1, -0.05) is 35.9 Å². The van der Waals surface area contributed by atoms with Gasteiger partial charge in [0.2, 0.25) is 0 Å². The lowest BCUT2D eigenvalue weighted by Crippen LogP contribution is -2.17. The molecule has 100 valence electrons. The summed E-state index contributed by atoms with van der Waals surface area (Å²) in [6.07, 6.45) is 0. The van der Waals surface area contributed by atoms with Gasteiger partial charge in [0.05, 0.1) is 11.0 Å². The molecule has 5 heteroatoms. The Morgan fingerprint density at radius 1 is 1.10 bits per heavy atom. The molecule has 0 amide bonds. The largest absolute Gasteiger partial charge is 0.319 e. The minimum absolute atomic E-state index is 0.271. The quantitative estimate of drug-likeness (QED) is 0.730. The van der Waals surface area contributed by atoms with Gasteiger partial charge >= 0.3 is 0 Å². The van der Waals surface area contributed by atoms with Gasteiger partial charge in [0.15, 0.2) is 0 Å². The van der Waals surface area contributed by atoms with Crippen molar-refractivity contribution in [2.24, 2.45) is 0 Å². The number of nitrogens with one attached hydrogen (secondary N) is 1. The average molecular weight is 305 g/mol. The predicted molar refractivity (Wildman–Crippen MR) is 81.5 cm³/mol. The number of rotatable bonds is 2. The molecular weight excluding hydrogens is 295 g/mol. The molecule has 0 aliphatic rings. The second-order valence-corrected chi connectivity index (χ2v) is 5.26. The Morgan fingerprint density at radius 3 is 2.70 bits per heavy atom. The summed E-state index contributed by atoms with van der Waals surface area (Å²) in [6.45, 7) is 0. The van der Waals surface area contributed by atoms with Crippen LogP contribution >= 0.6 is 23.2 Å². The Kier molecular flexibility index (Phi) is 3.47. The second kappa shape index (κ2) is 5.27. The molecule has 3 aromatic rings. The molecule has 1 N–H and O–H groups in total. The van der Waals surface area contributed by atoms with E-state index in [-0.39, 0.29) is 11.3 Å². The van der Waals surface area contributed by atoms with Gasteiger partial charge in [0.1, 0.15) is 11.1 Å². The van der Waals surface area contributed by atoms with Crippen LogP contribution in [-0.4, -0.2) is 9.97 Å². The monoisotopic (exact) mass is 304 g/mol. The van der Waals surface area contributed by atoms with Gasteiger partial charge in [0.25, 0.3) is 5.56 Å². The van der Waals surface area contributed by atoms with Gasteiger partial charge in [-0.05, 0) is 29.8 Å². The van der Waals surface area contributed by atoms with Crippen LogP contribution in [-0.2, 0) is 0 Å². The molecule has 3 rings (SSSR count). The summed E-state index contributed by atoms with van der Waals surface area (Å²) in [5.74, 6) is 0. The molecule has 3 nitrogen and oxygen atoms in total. The van der Waals surface area contributed by atoms with Crippen molar-refractivity contribution in [1.82, 2.24) is 9.97 Å². The highest BCUT2D eigenvalue weighted by Crippen LogP contribution is 2.27. The number of hydrogen-bond donors (Lipinski definition) is 1. The molecule has 0 aliphatic carbocycles. The maximum Gasteiger partial charge on any atom is 0.272 e. The summed E-state index contributed by atoms with van der Waals surface area (Å²) >= 11 is 12.3. The van der Waals surface area contributed by atoms with Crippen LogP contribution in [0.1, 0.15) is 16.6 Å². The molecule has 0 aliphatic heterocycles. The first kappa shape index (κ1) is 13.2. The van der Waals surface area contributed by atoms with E-state index in [4.69, 9.17) is 23.2 Å². The Labute approximate surface area is 125 Å². The number of nitrogens with zero attached hydrogens (tertiary/aromatic N) is 1. The number of hydrogen-bond acceptors (Lipinski definition) is 2. The number of aromatic amines is 1. The number of halogens is 2. The zero-order valence-corrected chi connectivity index (χ0v) is 11.8. The average Bonchev–Trinajstić information content (AvgIpc) is 2.46. The van der Waals surface area contributed by atoms with E-state index in [0.29, 0.717) is 16.1 Å². The molecule has 0 radical (unpaired) electrons. The molecule has 1 atom stereocenters. The normalized spacial score (nSPS) is 12.5. The molecule has 0 fully saturated rings. The fourth-order valence-corrected chi connectivity index (χ4v) is 2.52. The van der Waals surface area contributed by atoms with Gasteiger partial charge < -0.3 is 4.98 Å². The number of para-hydroxylation sites is 2. The van der Waals surface area contributed by atoms with Crippen molar-refractivity contribution in [3.8, 4) is 0 Å². The van der Waals surface area contributed by atoms with Crippen LogP contribution in [0, 0.1) is 0 Å². The molecule has 2 aromatic carbocycles. The maximum atomic E-state index is 12.1. The van der Waals surface area contributed by atoms with Crippen LogP contribution in [0.4, 0.5) is 0 Å². The van der Waals surface area contributed by atoms with Crippen LogP contribution in [0.5, 0.6) is 0 Å². The number of benzene rings is 2. The van der Waals surface area contributed by atoms with E-state index in [1.165, 1.54) is 0 Å². The van der Waals surface area contributed by atoms with E-state index in [1.807, 2.05) is 24.3 Å². The van der Waals surface area contributed by atoms with Crippen LogP contribution < -0.4 is 5.56 Å². The van der Waals surface area contributed by atoms with E-state index >= 15 is 0 Å². The molecule has 1 unspecified atom stereocenters. The zero-order chi connectivity index (χ0) is 14.1. The minimum atomic E-state index is -0.637. The number of alkyl halides is 1. The summed E-state index contributed by atoms with van der Waals surface area (Å²) in [6, 6.07) is 14.4. The maximum absolute atomic E-state index is 12.1. The van der Waals surface area contributed by atoms with Gasteiger partial charge in [-0.25, -0.2) is 4.98 Å². The third-order valence-electron chi connectivity index (χ3n) is 3.01. The number of aromatic nitrogens is 2. The van der Waals surface area contributed by atoms with E-state index in [1.54, 1.807) is 24.3 Å². The molecule has 0 spiro atoms. The molecule has 1 heterocycles. The SMILES string of the molecule is O=c1[nH]c2ccccc2nc1C(Cl)c1cccc(Cl)c1. The first-order chi connectivity index (χ1) is 9.65. The van der Waals surface area contributed by atoms with E-state index in [2.05, 4.69) is 9.97 Å². The fourth-order valence-electron chi connectivity index (χ4n) is 2.04. The summed E-state index contributed by atoms with van der Waals surface area (Å²) in [5, 5.41) is -0.0626. The molecule has 0 saturated carbocycles. The van der Waals surface area contributed by atoms with Crippen molar-refractivity contribution in [2.45, 2.75) is 5.38 Å². The zero-order valence-electron chi connectivity index (χ0n) is 10.3. The molecular formula is C15H10Cl2N2O. The summed E-state index contributed by atoms with van der Waals surface area (Å²) < 4.78 is 0. The Bertz CT molecular complexity index is 829. The molecule has 20 heavy (non-hydrogen) atoms. The van der Waals surface area contributed by atoms with Gasteiger partial charge in [0, 0.05) is 5.02 Å². The van der Waals surface area contributed by atoms with Gasteiger partial charge in [-0.3, -0.25) is 4.79 Å². The standard InChI is InChI=1S/C15H10Cl2N2O/c16-10-5-3-4-9(8-10)13(17)14-15(20)19-12-7-2-1-6-11(12)18-14/h1-8,13H,(H,19,20). The Hall–Kier alpha value is -1.84. The topological polar surface area (TPSA) is 45.8 Å². The lowest BCUT2D eigenvalue weighted by molar-refractivity contribution is 0.999. The molecule has 0 bridgehead atoms. The highest BCUT2D eigenvalue weighted by Gasteiger charge is 2.17. The third-order valence-corrected chi connectivity index (χ3v) is 3.70. The molecule has 0 saturated heterocycles. The number of fused-ring (bicyclic) bond motifs is 1. The summed E-state index contributed by atoms with van der Waals surface area (Å²) in [7, 11) is 0. The highest BCUT2D eigenvalue weighted by atomic mass is 35.5. The van der Waals surface area contributed by atoms with E-state index in [9.17, 15) is 4.79 Å². The van der Waals surface area contributed by atoms with Crippen LogP contribution in [0.25, 0.3) is 11.0 Å². The van der Waals surface area contributed by atoms with Crippen LogP contribution in [0.15, 0.2) is 53.3 Å². The minimum Gasteiger partial charge on any atom is -0.319 e. The van der Waals surface area contributed by atoms with E-state index < -0.39 is 5.38 Å². The van der Waals surface area contributed by atoms with Crippen molar-refractivity contribution < 1.29 is 0 Å². The van der Waals surface area contributed by atoms with Crippen LogP contribution in [0.2, 0.25) is 5.02 Å². The lowest BCUT2D eigenvalue weighted by Gasteiger charge is -2.09. The Morgan fingerprint density at radius 2 is 1.90 bits per heavy atom.